The van der Waals surface area contributed by atoms with Crippen molar-refractivity contribution in [2.45, 2.75) is 51.1 Å². The summed E-state index contributed by atoms with van der Waals surface area (Å²) in [5.74, 6) is 0.000270. The first-order valence-corrected chi connectivity index (χ1v) is 9.36. The zero-order chi connectivity index (χ0) is 17.0. The first-order valence-electron chi connectivity index (χ1n) is 9.36. The molecule has 1 amide bonds. The van der Waals surface area contributed by atoms with E-state index in [0.717, 1.165) is 32.0 Å². The number of hydrogen-bond acceptors (Lipinski definition) is 4. The number of carbonyl (C=O) groups excluding carboxylic acids is 1. The quantitative estimate of drug-likeness (QED) is 0.832. The van der Waals surface area contributed by atoms with Crippen LogP contribution >= 0.6 is 0 Å². The molecule has 1 N–H and O–H groups in total. The summed E-state index contributed by atoms with van der Waals surface area (Å²) in [4.78, 5) is 21.6. The fraction of sp³-hybridized carbons (Fsp3) is 0.684. The lowest BCUT2D eigenvalue weighted by Crippen LogP contribution is -2.61. The maximum atomic E-state index is 12.4. The van der Waals surface area contributed by atoms with E-state index in [1.807, 2.05) is 0 Å². The second-order valence-corrected chi connectivity index (χ2v) is 7.10. The topological polar surface area (TPSA) is 48.5 Å². The fourth-order valence-electron chi connectivity index (χ4n) is 3.91. The van der Waals surface area contributed by atoms with Gasteiger partial charge in [-0.2, -0.15) is 0 Å². The van der Waals surface area contributed by atoms with Crippen LogP contribution in [-0.2, 0) is 0 Å². The minimum Gasteiger partial charge on any atom is -0.350 e. The molecule has 1 aromatic rings. The summed E-state index contributed by atoms with van der Waals surface area (Å²) in [7, 11) is 0. The van der Waals surface area contributed by atoms with Gasteiger partial charge < -0.3 is 5.32 Å². The van der Waals surface area contributed by atoms with Gasteiger partial charge in [-0.1, -0.05) is 13.8 Å². The molecule has 0 aromatic carbocycles. The average molecular weight is 330 g/mol. The SMILES string of the molecule is CCC(CC)(CNC(=O)c1ccncc1)N1CCN(C2CC2)CC1. The van der Waals surface area contributed by atoms with Gasteiger partial charge in [0, 0.05) is 62.3 Å². The Labute approximate surface area is 145 Å². The highest BCUT2D eigenvalue weighted by Crippen LogP contribution is 2.30. The maximum Gasteiger partial charge on any atom is 0.251 e. The van der Waals surface area contributed by atoms with Crippen LogP contribution in [-0.4, -0.2) is 65.0 Å². The molecule has 2 fully saturated rings. The van der Waals surface area contributed by atoms with Crippen molar-refractivity contribution >= 4 is 5.91 Å². The van der Waals surface area contributed by atoms with Crippen LogP contribution in [0.25, 0.3) is 0 Å². The van der Waals surface area contributed by atoms with Crippen LogP contribution in [0.3, 0.4) is 0 Å². The van der Waals surface area contributed by atoms with Crippen molar-refractivity contribution in [1.82, 2.24) is 20.1 Å². The zero-order valence-electron chi connectivity index (χ0n) is 15.0. The summed E-state index contributed by atoms with van der Waals surface area (Å²) in [6.45, 7) is 9.78. The van der Waals surface area contributed by atoms with Crippen LogP contribution in [0.15, 0.2) is 24.5 Å². The highest BCUT2D eigenvalue weighted by atomic mass is 16.1. The number of pyridine rings is 1. The van der Waals surface area contributed by atoms with Crippen molar-refractivity contribution in [2.75, 3.05) is 32.7 Å². The predicted octanol–water partition coefficient (Wildman–Crippen LogP) is 2.15. The van der Waals surface area contributed by atoms with Gasteiger partial charge in [0.05, 0.1) is 0 Å². The predicted molar refractivity (Wildman–Crippen MR) is 96.1 cm³/mol. The van der Waals surface area contributed by atoms with E-state index >= 15 is 0 Å². The molecule has 2 aliphatic rings. The lowest BCUT2D eigenvalue weighted by Gasteiger charge is -2.47. The number of aromatic nitrogens is 1. The molecule has 1 aliphatic heterocycles. The van der Waals surface area contributed by atoms with E-state index in [4.69, 9.17) is 0 Å². The zero-order valence-corrected chi connectivity index (χ0v) is 15.0. The summed E-state index contributed by atoms with van der Waals surface area (Å²) in [6, 6.07) is 4.39. The second-order valence-electron chi connectivity index (χ2n) is 7.10. The Kier molecular flexibility index (Phi) is 5.51. The van der Waals surface area contributed by atoms with Gasteiger partial charge in [0.1, 0.15) is 0 Å². The van der Waals surface area contributed by atoms with E-state index in [1.54, 1.807) is 24.5 Å². The van der Waals surface area contributed by atoms with Crippen LogP contribution in [0.4, 0.5) is 0 Å². The maximum absolute atomic E-state index is 12.4. The monoisotopic (exact) mass is 330 g/mol. The molecule has 2 heterocycles. The summed E-state index contributed by atoms with van der Waals surface area (Å²) in [5, 5.41) is 3.16. The van der Waals surface area contributed by atoms with E-state index in [1.165, 1.54) is 25.9 Å². The molecule has 1 aromatic heterocycles. The number of rotatable bonds is 7. The first-order chi connectivity index (χ1) is 11.7. The number of amides is 1. The normalized spacial score (nSPS) is 20.1. The molecule has 0 bridgehead atoms. The third-order valence-corrected chi connectivity index (χ3v) is 5.89. The van der Waals surface area contributed by atoms with Gasteiger partial charge in [0.15, 0.2) is 0 Å². The van der Waals surface area contributed by atoms with E-state index in [0.29, 0.717) is 12.1 Å². The summed E-state index contributed by atoms with van der Waals surface area (Å²) < 4.78 is 0. The van der Waals surface area contributed by atoms with Gasteiger partial charge in [-0.3, -0.25) is 19.6 Å². The van der Waals surface area contributed by atoms with Crippen molar-refractivity contribution < 1.29 is 4.79 Å². The lowest BCUT2D eigenvalue weighted by atomic mass is 9.89. The minimum absolute atomic E-state index is 0.000270. The first kappa shape index (κ1) is 17.4. The highest BCUT2D eigenvalue weighted by Gasteiger charge is 2.38. The third kappa shape index (κ3) is 3.78. The second kappa shape index (κ2) is 7.62. The highest BCUT2D eigenvalue weighted by molar-refractivity contribution is 5.94. The molecule has 5 heteroatoms. The summed E-state index contributed by atoms with van der Waals surface area (Å²) in [5.41, 5.74) is 0.753. The summed E-state index contributed by atoms with van der Waals surface area (Å²) >= 11 is 0. The van der Waals surface area contributed by atoms with Crippen molar-refractivity contribution in [1.29, 1.82) is 0 Å². The summed E-state index contributed by atoms with van der Waals surface area (Å²) in [6.07, 6.45) is 8.22. The molecule has 0 atom stereocenters. The molecule has 1 saturated carbocycles. The number of carbonyl (C=O) groups is 1. The Hall–Kier alpha value is -1.46. The molecule has 24 heavy (non-hydrogen) atoms. The van der Waals surface area contributed by atoms with Gasteiger partial charge >= 0.3 is 0 Å². The largest absolute Gasteiger partial charge is 0.350 e. The van der Waals surface area contributed by atoms with Gasteiger partial charge in [0.2, 0.25) is 0 Å². The van der Waals surface area contributed by atoms with Gasteiger partial charge in [-0.25, -0.2) is 0 Å². The molecule has 132 valence electrons. The van der Waals surface area contributed by atoms with E-state index in [2.05, 4.69) is 33.9 Å². The molecule has 1 aliphatic carbocycles. The van der Waals surface area contributed by atoms with Crippen molar-refractivity contribution in [3.63, 3.8) is 0 Å². The fourth-order valence-corrected chi connectivity index (χ4v) is 3.91. The molecule has 5 nitrogen and oxygen atoms in total. The number of hydrogen-bond donors (Lipinski definition) is 1. The van der Waals surface area contributed by atoms with Crippen LogP contribution in [0, 0.1) is 0 Å². The van der Waals surface area contributed by atoms with Gasteiger partial charge in [-0.15, -0.1) is 0 Å². The van der Waals surface area contributed by atoms with E-state index < -0.39 is 0 Å². The van der Waals surface area contributed by atoms with Crippen molar-refractivity contribution in [3.8, 4) is 0 Å². The van der Waals surface area contributed by atoms with Gasteiger partial charge in [-0.05, 0) is 37.8 Å². The Balaban J connectivity index is 1.59. The van der Waals surface area contributed by atoms with E-state index in [9.17, 15) is 4.79 Å². The van der Waals surface area contributed by atoms with Crippen molar-refractivity contribution in [2.24, 2.45) is 0 Å². The molecule has 0 unspecified atom stereocenters. The van der Waals surface area contributed by atoms with Gasteiger partial charge in [0.25, 0.3) is 5.91 Å². The Morgan fingerprint density at radius 3 is 2.33 bits per heavy atom. The Morgan fingerprint density at radius 2 is 1.79 bits per heavy atom. The lowest BCUT2D eigenvalue weighted by molar-refractivity contribution is 0.0229. The van der Waals surface area contributed by atoms with E-state index in [-0.39, 0.29) is 11.4 Å². The smallest absolute Gasteiger partial charge is 0.251 e. The Morgan fingerprint density at radius 1 is 1.17 bits per heavy atom. The molecule has 3 rings (SSSR count). The van der Waals surface area contributed by atoms with Crippen LogP contribution in [0.2, 0.25) is 0 Å². The standard InChI is InChI=1S/C19H30N4O/c1-3-19(4-2,15-21-18(24)16-7-9-20-10-8-16)23-13-11-22(12-14-23)17-5-6-17/h7-10,17H,3-6,11-15H2,1-2H3,(H,21,24). The average Bonchev–Trinajstić information content (AvgIpc) is 3.49. The third-order valence-electron chi connectivity index (χ3n) is 5.89. The molecule has 1 saturated heterocycles. The molecule has 0 radical (unpaired) electrons. The van der Waals surface area contributed by atoms with Crippen molar-refractivity contribution in [3.05, 3.63) is 30.1 Å². The number of nitrogens with one attached hydrogen (secondary N) is 1. The Bertz CT molecular complexity index is 532. The number of piperazine rings is 1. The number of nitrogens with zero attached hydrogens (tertiary/aromatic N) is 3. The van der Waals surface area contributed by atoms with Crippen LogP contribution in [0.5, 0.6) is 0 Å². The molecular formula is C19H30N4O. The minimum atomic E-state index is 0.000270. The van der Waals surface area contributed by atoms with Crippen LogP contribution in [0.1, 0.15) is 49.9 Å². The molecule has 0 spiro atoms. The van der Waals surface area contributed by atoms with Crippen LogP contribution < -0.4 is 5.32 Å². The molecular weight excluding hydrogens is 300 g/mol.